The summed E-state index contributed by atoms with van der Waals surface area (Å²) in [6.45, 7) is 6.42. The minimum Gasteiger partial charge on any atom is -0.378 e. The quantitative estimate of drug-likeness (QED) is 0.867. The van der Waals surface area contributed by atoms with Crippen molar-refractivity contribution in [2.45, 2.75) is 13.5 Å². The van der Waals surface area contributed by atoms with Gasteiger partial charge in [0, 0.05) is 38.1 Å². The van der Waals surface area contributed by atoms with Gasteiger partial charge in [-0.15, -0.1) is 0 Å². The monoisotopic (exact) mass is 297 g/mol. The first-order chi connectivity index (χ1) is 10.7. The number of rotatable bonds is 4. The lowest BCUT2D eigenvalue weighted by Crippen LogP contribution is -2.37. The van der Waals surface area contributed by atoms with Crippen molar-refractivity contribution in [1.29, 1.82) is 0 Å². The highest BCUT2D eigenvalue weighted by Crippen LogP contribution is 2.24. The number of anilines is 2. The first-order valence-electron chi connectivity index (χ1n) is 7.79. The topological polar surface area (TPSA) is 28.6 Å². The van der Waals surface area contributed by atoms with Gasteiger partial charge >= 0.3 is 0 Å². The Kier molecular flexibility index (Phi) is 4.59. The normalized spacial score (nSPS) is 14.9. The van der Waals surface area contributed by atoms with Crippen LogP contribution in [0.5, 0.6) is 0 Å². The van der Waals surface area contributed by atoms with E-state index in [2.05, 4.69) is 58.2 Å². The maximum Gasteiger partial charge on any atom is 0.128 e. The summed E-state index contributed by atoms with van der Waals surface area (Å²) < 4.78 is 5.46. The van der Waals surface area contributed by atoms with Crippen molar-refractivity contribution in [2.75, 3.05) is 43.2 Å². The van der Waals surface area contributed by atoms with E-state index in [1.54, 1.807) is 0 Å². The minimum absolute atomic E-state index is 0.809. The molecule has 0 atom stereocenters. The molecule has 4 nitrogen and oxygen atoms in total. The molecule has 0 unspecified atom stereocenters. The third-order valence-corrected chi connectivity index (χ3v) is 4.02. The van der Waals surface area contributed by atoms with Crippen LogP contribution < -0.4 is 9.80 Å². The second-order valence-corrected chi connectivity index (χ2v) is 5.72. The Labute approximate surface area is 132 Å². The van der Waals surface area contributed by atoms with Crippen molar-refractivity contribution < 1.29 is 4.74 Å². The third kappa shape index (κ3) is 3.39. The van der Waals surface area contributed by atoms with E-state index in [9.17, 15) is 0 Å². The summed E-state index contributed by atoms with van der Waals surface area (Å²) in [7, 11) is 2.10. The fraction of sp³-hybridized carbons (Fsp3) is 0.389. The van der Waals surface area contributed by atoms with Gasteiger partial charge in [-0.3, -0.25) is 0 Å². The molecule has 116 valence electrons. The largest absolute Gasteiger partial charge is 0.378 e. The van der Waals surface area contributed by atoms with Crippen molar-refractivity contribution in [1.82, 2.24) is 4.98 Å². The van der Waals surface area contributed by atoms with Crippen LogP contribution in [0.1, 0.15) is 11.3 Å². The van der Waals surface area contributed by atoms with Gasteiger partial charge in [0.2, 0.25) is 0 Å². The SMILES string of the molecule is Cc1cccc(N(C)Cc2ccccc2N2CCOCC2)n1. The molecule has 0 spiro atoms. The molecule has 1 saturated heterocycles. The van der Waals surface area contributed by atoms with E-state index < -0.39 is 0 Å². The summed E-state index contributed by atoms with van der Waals surface area (Å²) in [5, 5.41) is 0. The van der Waals surface area contributed by atoms with Crippen LogP contribution in [0.4, 0.5) is 11.5 Å². The average Bonchev–Trinajstić information content (AvgIpc) is 2.56. The van der Waals surface area contributed by atoms with Crippen LogP contribution in [0.2, 0.25) is 0 Å². The number of pyridine rings is 1. The van der Waals surface area contributed by atoms with Gasteiger partial charge in [0.25, 0.3) is 0 Å². The lowest BCUT2D eigenvalue weighted by atomic mass is 10.1. The maximum atomic E-state index is 5.46. The Morgan fingerprint density at radius 1 is 1.09 bits per heavy atom. The zero-order valence-electron chi connectivity index (χ0n) is 13.3. The molecule has 0 aliphatic carbocycles. The van der Waals surface area contributed by atoms with Gasteiger partial charge in [-0.1, -0.05) is 24.3 Å². The number of aryl methyl sites for hydroxylation is 1. The highest BCUT2D eigenvalue weighted by atomic mass is 16.5. The molecule has 0 N–H and O–H groups in total. The Bertz CT molecular complexity index is 623. The van der Waals surface area contributed by atoms with Gasteiger partial charge in [-0.05, 0) is 30.7 Å². The highest BCUT2D eigenvalue weighted by Gasteiger charge is 2.15. The van der Waals surface area contributed by atoms with Crippen LogP contribution in [0.15, 0.2) is 42.5 Å². The van der Waals surface area contributed by atoms with Crippen molar-refractivity contribution in [2.24, 2.45) is 0 Å². The van der Waals surface area contributed by atoms with Crippen molar-refractivity contribution in [3.63, 3.8) is 0 Å². The standard InChI is InChI=1S/C18H23N3O/c1-15-6-5-9-18(19-15)20(2)14-16-7-3-4-8-17(16)21-10-12-22-13-11-21/h3-9H,10-14H2,1-2H3. The van der Waals surface area contributed by atoms with Crippen LogP contribution >= 0.6 is 0 Å². The minimum atomic E-state index is 0.809. The molecular weight excluding hydrogens is 274 g/mol. The number of nitrogens with zero attached hydrogens (tertiary/aromatic N) is 3. The van der Waals surface area contributed by atoms with E-state index in [1.165, 1.54) is 11.3 Å². The molecule has 0 radical (unpaired) electrons. The Hall–Kier alpha value is -2.07. The summed E-state index contributed by atoms with van der Waals surface area (Å²) in [6, 6.07) is 14.8. The van der Waals surface area contributed by atoms with Gasteiger partial charge in [-0.25, -0.2) is 4.98 Å². The molecule has 2 aromatic rings. The molecular formula is C18H23N3O. The fourth-order valence-electron chi connectivity index (χ4n) is 2.84. The molecule has 22 heavy (non-hydrogen) atoms. The van der Waals surface area contributed by atoms with Gasteiger partial charge in [-0.2, -0.15) is 0 Å². The molecule has 2 heterocycles. The lowest BCUT2D eigenvalue weighted by molar-refractivity contribution is 0.122. The number of hydrogen-bond donors (Lipinski definition) is 0. The van der Waals surface area contributed by atoms with E-state index in [0.717, 1.165) is 44.4 Å². The molecule has 0 bridgehead atoms. The molecule has 4 heteroatoms. The first kappa shape index (κ1) is 14.9. The number of hydrogen-bond acceptors (Lipinski definition) is 4. The molecule has 0 amide bonds. The average molecular weight is 297 g/mol. The summed E-state index contributed by atoms with van der Waals surface area (Å²) in [6.07, 6.45) is 0. The highest BCUT2D eigenvalue weighted by molar-refractivity contribution is 5.55. The summed E-state index contributed by atoms with van der Waals surface area (Å²) in [5.74, 6) is 1.01. The first-order valence-corrected chi connectivity index (χ1v) is 7.79. The van der Waals surface area contributed by atoms with E-state index in [-0.39, 0.29) is 0 Å². The number of benzene rings is 1. The zero-order valence-corrected chi connectivity index (χ0v) is 13.3. The maximum absolute atomic E-state index is 5.46. The zero-order chi connectivity index (χ0) is 15.4. The van der Waals surface area contributed by atoms with Gasteiger partial charge < -0.3 is 14.5 Å². The van der Waals surface area contributed by atoms with Gasteiger partial charge in [0.1, 0.15) is 5.82 Å². The molecule has 1 aliphatic rings. The Morgan fingerprint density at radius 3 is 2.64 bits per heavy atom. The predicted octanol–water partition coefficient (Wildman–Crippen LogP) is 2.86. The van der Waals surface area contributed by atoms with Gasteiger partial charge in [0.15, 0.2) is 0 Å². The van der Waals surface area contributed by atoms with Crippen LogP contribution in [0.3, 0.4) is 0 Å². The van der Waals surface area contributed by atoms with E-state index in [0.29, 0.717) is 0 Å². The number of para-hydroxylation sites is 1. The van der Waals surface area contributed by atoms with Crippen molar-refractivity contribution in [3.8, 4) is 0 Å². The molecule has 1 aromatic carbocycles. The molecule has 1 aromatic heterocycles. The summed E-state index contributed by atoms with van der Waals surface area (Å²) in [5.41, 5.74) is 3.69. The molecule has 1 aliphatic heterocycles. The number of morpholine rings is 1. The fourth-order valence-corrected chi connectivity index (χ4v) is 2.84. The Morgan fingerprint density at radius 2 is 1.86 bits per heavy atom. The lowest BCUT2D eigenvalue weighted by Gasteiger charge is -2.31. The van der Waals surface area contributed by atoms with Crippen LogP contribution in [-0.2, 0) is 11.3 Å². The predicted molar refractivity (Wildman–Crippen MR) is 90.6 cm³/mol. The Balaban J connectivity index is 1.80. The van der Waals surface area contributed by atoms with Crippen LogP contribution in [-0.4, -0.2) is 38.3 Å². The smallest absolute Gasteiger partial charge is 0.128 e. The van der Waals surface area contributed by atoms with Crippen LogP contribution in [0, 0.1) is 6.92 Å². The third-order valence-electron chi connectivity index (χ3n) is 4.02. The van der Waals surface area contributed by atoms with Crippen molar-refractivity contribution >= 4 is 11.5 Å². The second-order valence-electron chi connectivity index (χ2n) is 5.72. The van der Waals surface area contributed by atoms with Gasteiger partial charge in [0.05, 0.1) is 13.2 Å². The van der Waals surface area contributed by atoms with Crippen LogP contribution in [0.25, 0.3) is 0 Å². The second kappa shape index (κ2) is 6.79. The molecule has 1 fully saturated rings. The summed E-state index contributed by atoms with van der Waals surface area (Å²) >= 11 is 0. The molecule has 3 rings (SSSR count). The van der Waals surface area contributed by atoms with E-state index >= 15 is 0 Å². The summed E-state index contributed by atoms with van der Waals surface area (Å²) in [4.78, 5) is 9.22. The number of ether oxygens (including phenoxy) is 1. The van der Waals surface area contributed by atoms with Crippen molar-refractivity contribution in [3.05, 3.63) is 53.7 Å². The van der Waals surface area contributed by atoms with E-state index in [4.69, 9.17) is 4.74 Å². The van der Waals surface area contributed by atoms with E-state index in [1.807, 2.05) is 13.0 Å². The molecule has 0 saturated carbocycles. The number of aromatic nitrogens is 1.